The van der Waals surface area contributed by atoms with Gasteiger partial charge in [-0.05, 0) is 52.9 Å². The fourth-order valence-corrected chi connectivity index (χ4v) is 2.71. The monoisotopic (exact) mass is 429 g/mol. The van der Waals surface area contributed by atoms with Crippen molar-refractivity contribution in [3.05, 3.63) is 57.4 Å². The summed E-state index contributed by atoms with van der Waals surface area (Å²) in [5, 5.41) is 0. The van der Waals surface area contributed by atoms with Crippen molar-refractivity contribution >= 4 is 28.5 Å². The van der Waals surface area contributed by atoms with E-state index in [4.69, 9.17) is 9.47 Å². The van der Waals surface area contributed by atoms with E-state index in [1.54, 1.807) is 19.1 Å². The van der Waals surface area contributed by atoms with Gasteiger partial charge >= 0.3 is 0 Å². The second kappa shape index (κ2) is 8.14. The van der Waals surface area contributed by atoms with Crippen LogP contribution in [0.3, 0.4) is 0 Å². The van der Waals surface area contributed by atoms with E-state index in [9.17, 15) is 9.18 Å². The van der Waals surface area contributed by atoms with Crippen LogP contribution in [-0.4, -0.2) is 38.1 Å². The minimum absolute atomic E-state index is 0.168. The molecule has 122 valence electrons. The van der Waals surface area contributed by atoms with Crippen LogP contribution in [0.1, 0.15) is 10.4 Å². The third kappa shape index (κ3) is 4.57. The lowest BCUT2D eigenvalue weighted by atomic mass is 10.2. The van der Waals surface area contributed by atoms with Gasteiger partial charge in [-0.25, -0.2) is 4.39 Å². The Bertz CT molecular complexity index is 693. The van der Waals surface area contributed by atoms with Crippen LogP contribution >= 0.6 is 22.6 Å². The molecule has 23 heavy (non-hydrogen) atoms. The summed E-state index contributed by atoms with van der Waals surface area (Å²) >= 11 is 1.96. The van der Waals surface area contributed by atoms with E-state index in [0.29, 0.717) is 33.8 Å². The van der Waals surface area contributed by atoms with Gasteiger partial charge in [-0.2, -0.15) is 0 Å². The molecule has 0 unspecified atom stereocenters. The first-order valence-electron chi connectivity index (χ1n) is 6.99. The van der Waals surface area contributed by atoms with Crippen LogP contribution in [0.25, 0.3) is 0 Å². The van der Waals surface area contributed by atoms with Crippen LogP contribution in [-0.2, 0) is 0 Å². The van der Waals surface area contributed by atoms with E-state index in [1.807, 2.05) is 46.9 Å². The van der Waals surface area contributed by atoms with E-state index < -0.39 is 0 Å². The number of hydrogen-bond acceptors (Lipinski definition) is 3. The maximum atomic E-state index is 13.1. The summed E-state index contributed by atoms with van der Waals surface area (Å²) in [5.74, 6) is 0.757. The molecule has 0 aliphatic carbocycles. The molecule has 0 spiro atoms. The molecule has 0 radical (unpaired) electrons. The number of amides is 1. The number of carbonyl (C=O) groups is 1. The highest BCUT2D eigenvalue weighted by Gasteiger charge is 2.15. The lowest BCUT2D eigenvalue weighted by Gasteiger charge is -2.19. The van der Waals surface area contributed by atoms with Crippen molar-refractivity contribution in [3.8, 4) is 11.5 Å². The van der Waals surface area contributed by atoms with Gasteiger partial charge in [-0.15, -0.1) is 0 Å². The third-order valence-corrected chi connectivity index (χ3v) is 4.15. The van der Waals surface area contributed by atoms with Crippen molar-refractivity contribution in [2.75, 3.05) is 27.3 Å². The molecule has 2 aromatic rings. The molecule has 0 N–H and O–H groups in total. The molecule has 0 heterocycles. The molecule has 2 rings (SSSR count). The number of rotatable bonds is 6. The summed E-state index contributed by atoms with van der Waals surface area (Å²) in [5.41, 5.74) is 0.479. The zero-order valence-corrected chi connectivity index (χ0v) is 15.0. The zero-order valence-electron chi connectivity index (χ0n) is 12.9. The van der Waals surface area contributed by atoms with Gasteiger partial charge in [0.25, 0.3) is 5.91 Å². The van der Waals surface area contributed by atoms with Crippen LogP contribution in [0, 0.1) is 9.39 Å². The van der Waals surface area contributed by atoms with E-state index in [-0.39, 0.29) is 11.7 Å². The number of nitrogens with zero attached hydrogens (tertiary/aromatic N) is 1. The molecule has 1 amide bonds. The van der Waals surface area contributed by atoms with Gasteiger partial charge in [0, 0.05) is 10.6 Å². The van der Waals surface area contributed by atoms with Crippen LogP contribution in [0.5, 0.6) is 11.5 Å². The second-order valence-electron chi connectivity index (χ2n) is 4.85. The Morgan fingerprint density at radius 3 is 2.57 bits per heavy atom. The molecule has 0 aliphatic heterocycles. The normalized spacial score (nSPS) is 10.3. The fraction of sp³-hybridized carbons (Fsp3) is 0.235. The molecule has 0 saturated carbocycles. The van der Waals surface area contributed by atoms with Crippen molar-refractivity contribution in [1.82, 2.24) is 4.90 Å². The van der Waals surface area contributed by atoms with Crippen molar-refractivity contribution in [3.63, 3.8) is 0 Å². The predicted molar refractivity (Wildman–Crippen MR) is 94.6 cm³/mol. The Morgan fingerprint density at radius 2 is 1.91 bits per heavy atom. The summed E-state index contributed by atoms with van der Waals surface area (Å²) < 4.78 is 24.6. The highest BCUT2D eigenvalue weighted by atomic mass is 127. The van der Waals surface area contributed by atoms with Gasteiger partial charge in [-0.1, -0.05) is 12.1 Å². The molecular formula is C17H17FINO3. The van der Waals surface area contributed by atoms with Crippen LogP contribution in [0.4, 0.5) is 4.39 Å². The van der Waals surface area contributed by atoms with Crippen LogP contribution in [0.15, 0.2) is 42.5 Å². The Kier molecular flexibility index (Phi) is 6.20. The molecule has 4 nitrogen and oxygen atoms in total. The first kappa shape index (κ1) is 17.5. The number of carbonyl (C=O) groups excluding carboxylic acids is 1. The van der Waals surface area contributed by atoms with Gasteiger partial charge in [0.15, 0.2) is 11.5 Å². The number of para-hydroxylation sites is 2. The topological polar surface area (TPSA) is 38.8 Å². The summed E-state index contributed by atoms with van der Waals surface area (Å²) in [7, 11) is 3.27. The second-order valence-corrected chi connectivity index (χ2v) is 6.01. The molecule has 0 atom stereocenters. The maximum Gasteiger partial charge on any atom is 0.254 e. The minimum atomic E-state index is -0.354. The molecule has 0 fully saturated rings. The van der Waals surface area contributed by atoms with Crippen molar-refractivity contribution < 1.29 is 18.7 Å². The molecule has 6 heteroatoms. The van der Waals surface area contributed by atoms with Crippen molar-refractivity contribution in [2.24, 2.45) is 0 Å². The van der Waals surface area contributed by atoms with Gasteiger partial charge in [0.2, 0.25) is 0 Å². The van der Waals surface area contributed by atoms with Gasteiger partial charge in [0.05, 0.1) is 19.2 Å². The summed E-state index contributed by atoms with van der Waals surface area (Å²) in [6.07, 6.45) is 0. The molecule has 0 saturated heterocycles. The molecule has 0 aromatic heterocycles. The maximum absolute atomic E-state index is 13.1. The number of benzene rings is 2. The highest BCUT2D eigenvalue weighted by Crippen LogP contribution is 2.25. The van der Waals surface area contributed by atoms with Gasteiger partial charge < -0.3 is 14.4 Å². The SMILES string of the molecule is COc1ccccc1OCCN(C)C(=O)c1ccc(F)cc1I. The largest absolute Gasteiger partial charge is 0.493 e. The number of methoxy groups -OCH3 is 1. The zero-order chi connectivity index (χ0) is 16.8. The van der Waals surface area contributed by atoms with E-state index in [0.717, 1.165) is 0 Å². The lowest BCUT2D eigenvalue weighted by molar-refractivity contribution is 0.0772. The number of likely N-dealkylation sites (N-methyl/N-ethyl adjacent to an activating group) is 1. The van der Waals surface area contributed by atoms with Gasteiger partial charge in [-0.3, -0.25) is 4.79 Å². The van der Waals surface area contributed by atoms with Crippen LogP contribution in [0.2, 0.25) is 0 Å². The van der Waals surface area contributed by atoms with Crippen molar-refractivity contribution in [1.29, 1.82) is 0 Å². The Balaban J connectivity index is 1.94. The quantitative estimate of drug-likeness (QED) is 0.659. The Labute approximate surface area is 148 Å². The van der Waals surface area contributed by atoms with Crippen molar-refractivity contribution in [2.45, 2.75) is 0 Å². The average Bonchev–Trinajstić information content (AvgIpc) is 2.54. The van der Waals surface area contributed by atoms with E-state index >= 15 is 0 Å². The first-order chi connectivity index (χ1) is 11.0. The first-order valence-corrected chi connectivity index (χ1v) is 8.07. The van der Waals surface area contributed by atoms with Gasteiger partial charge in [0.1, 0.15) is 12.4 Å². The lowest BCUT2D eigenvalue weighted by Crippen LogP contribution is -2.31. The summed E-state index contributed by atoms with van der Waals surface area (Å²) in [4.78, 5) is 13.9. The summed E-state index contributed by atoms with van der Waals surface area (Å²) in [6.45, 7) is 0.741. The smallest absolute Gasteiger partial charge is 0.254 e. The Morgan fingerprint density at radius 1 is 1.22 bits per heavy atom. The fourth-order valence-electron chi connectivity index (χ4n) is 2.00. The predicted octanol–water partition coefficient (Wildman–Crippen LogP) is 3.59. The number of ether oxygens (including phenoxy) is 2. The number of hydrogen-bond donors (Lipinski definition) is 0. The van der Waals surface area contributed by atoms with E-state index in [2.05, 4.69) is 0 Å². The van der Waals surface area contributed by atoms with Crippen LogP contribution < -0.4 is 9.47 Å². The molecule has 0 aliphatic rings. The highest BCUT2D eigenvalue weighted by molar-refractivity contribution is 14.1. The number of halogens is 2. The molecule has 0 bridgehead atoms. The molecular weight excluding hydrogens is 412 g/mol. The minimum Gasteiger partial charge on any atom is -0.493 e. The summed E-state index contributed by atoms with van der Waals surface area (Å²) in [6, 6.07) is 11.5. The molecule has 2 aromatic carbocycles. The van der Waals surface area contributed by atoms with E-state index in [1.165, 1.54) is 18.2 Å². The Hall–Kier alpha value is -1.83. The average molecular weight is 429 g/mol. The third-order valence-electron chi connectivity index (χ3n) is 3.26. The standard InChI is InChI=1S/C17H17FINO3/c1-20(17(21)13-8-7-12(18)11-14(13)19)9-10-23-16-6-4-3-5-15(16)22-2/h3-8,11H,9-10H2,1-2H3.